The van der Waals surface area contributed by atoms with Gasteiger partial charge in [-0.2, -0.15) is 5.10 Å². The van der Waals surface area contributed by atoms with Crippen molar-refractivity contribution < 1.29 is 14.7 Å². The SMILES string of the molecule is CC(CO)CCNC(=O)c1cccc(NC(=O)N2CCc3c(cnc4[nH]ncc34)C2)c1. The van der Waals surface area contributed by atoms with E-state index in [0.29, 0.717) is 37.3 Å². The number of anilines is 1. The molecular formula is C22H26N6O3. The average Bonchev–Trinajstić information content (AvgIpc) is 3.28. The molecule has 1 atom stereocenters. The summed E-state index contributed by atoms with van der Waals surface area (Å²) in [6.45, 7) is 3.57. The molecule has 4 N–H and O–H groups in total. The molecule has 0 aliphatic carbocycles. The predicted octanol–water partition coefficient (Wildman–Crippen LogP) is 2.30. The van der Waals surface area contributed by atoms with Gasteiger partial charge in [-0.15, -0.1) is 0 Å². The van der Waals surface area contributed by atoms with E-state index in [-0.39, 0.29) is 24.5 Å². The maximum absolute atomic E-state index is 12.8. The quantitative estimate of drug-likeness (QED) is 0.485. The largest absolute Gasteiger partial charge is 0.396 e. The zero-order chi connectivity index (χ0) is 21.8. The number of aliphatic hydroxyl groups is 1. The first kappa shape index (κ1) is 20.8. The van der Waals surface area contributed by atoms with Gasteiger partial charge in [-0.25, -0.2) is 9.78 Å². The summed E-state index contributed by atoms with van der Waals surface area (Å²) in [7, 11) is 0. The number of aromatic amines is 1. The Hall–Kier alpha value is -3.46. The van der Waals surface area contributed by atoms with Crippen molar-refractivity contribution in [2.75, 3.05) is 25.0 Å². The van der Waals surface area contributed by atoms with Crippen molar-refractivity contribution in [3.8, 4) is 0 Å². The van der Waals surface area contributed by atoms with Crippen molar-refractivity contribution in [1.29, 1.82) is 0 Å². The zero-order valence-electron chi connectivity index (χ0n) is 17.4. The minimum absolute atomic E-state index is 0.0986. The molecule has 2 aromatic heterocycles. The fourth-order valence-corrected chi connectivity index (χ4v) is 3.69. The summed E-state index contributed by atoms with van der Waals surface area (Å²) in [5.41, 5.74) is 4.00. The molecule has 1 aliphatic rings. The molecule has 1 aliphatic heterocycles. The lowest BCUT2D eigenvalue weighted by atomic mass is 9.99. The number of hydrogen-bond donors (Lipinski definition) is 4. The molecule has 3 aromatic rings. The van der Waals surface area contributed by atoms with Gasteiger partial charge in [-0.1, -0.05) is 13.0 Å². The zero-order valence-corrected chi connectivity index (χ0v) is 17.4. The van der Waals surface area contributed by atoms with Gasteiger partial charge in [0.2, 0.25) is 0 Å². The van der Waals surface area contributed by atoms with Crippen LogP contribution in [-0.2, 0) is 13.0 Å². The van der Waals surface area contributed by atoms with Gasteiger partial charge in [0.05, 0.1) is 6.20 Å². The molecule has 1 unspecified atom stereocenters. The third-order valence-electron chi connectivity index (χ3n) is 5.57. The van der Waals surface area contributed by atoms with E-state index in [1.807, 2.05) is 6.92 Å². The fraction of sp³-hybridized carbons (Fsp3) is 0.364. The number of hydrogen-bond acceptors (Lipinski definition) is 5. The number of amides is 3. The number of aliphatic hydroxyl groups excluding tert-OH is 1. The normalized spacial score (nSPS) is 14.2. The van der Waals surface area contributed by atoms with Crippen LogP contribution in [0.15, 0.2) is 36.7 Å². The van der Waals surface area contributed by atoms with E-state index < -0.39 is 0 Å². The highest BCUT2D eigenvalue weighted by Gasteiger charge is 2.23. The summed E-state index contributed by atoms with van der Waals surface area (Å²) in [4.78, 5) is 31.3. The predicted molar refractivity (Wildman–Crippen MR) is 117 cm³/mol. The monoisotopic (exact) mass is 422 g/mol. The van der Waals surface area contributed by atoms with Crippen LogP contribution in [0.25, 0.3) is 11.0 Å². The molecule has 0 fully saturated rings. The van der Waals surface area contributed by atoms with Crippen LogP contribution in [0.2, 0.25) is 0 Å². The third kappa shape index (κ3) is 4.66. The molecule has 4 rings (SSSR count). The maximum Gasteiger partial charge on any atom is 0.322 e. The first-order valence-corrected chi connectivity index (χ1v) is 10.4. The number of pyridine rings is 1. The first-order chi connectivity index (χ1) is 15.0. The molecule has 31 heavy (non-hydrogen) atoms. The van der Waals surface area contributed by atoms with Gasteiger partial charge in [0.15, 0.2) is 5.65 Å². The number of fused-ring (bicyclic) bond motifs is 3. The van der Waals surface area contributed by atoms with E-state index in [1.54, 1.807) is 41.6 Å². The number of carbonyl (C=O) groups excluding carboxylic acids is 2. The third-order valence-corrected chi connectivity index (χ3v) is 5.57. The Morgan fingerprint density at radius 3 is 3.03 bits per heavy atom. The summed E-state index contributed by atoms with van der Waals surface area (Å²) in [5, 5.41) is 22.7. The van der Waals surface area contributed by atoms with Crippen LogP contribution in [0, 0.1) is 5.92 Å². The van der Waals surface area contributed by atoms with Crippen LogP contribution < -0.4 is 10.6 Å². The van der Waals surface area contributed by atoms with Gasteiger partial charge in [0.25, 0.3) is 5.91 Å². The Balaban J connectivity index is 1.37. The number of H-pyrrole nitrogens is 1. The molecule has 3 heterocycles. The van der Waals surface area contributed by atoms with Crippen molar-refractivity contribution >= 4 is 28.7 Å². The number of carbonyl (C=O) groups is 2. The van der Waals surface area contributed by atoms with Gasteiger partial charge >= 0.3 is 6.03 Å². The highest BCUT2D eigenvalue weighted by molar-refractivity contribution is 5.97. The summed E-state index contributed by atoms with van der Waals surface area (Å²) in [6, 6.07) is 6.66. The van der Waals surface area contributed by atoms with Crippen molar-refractivity contribution in [1.82, 2.24) is 25.4 Å². The minimum atomic E-state index is -0.215. The molecule has 9 nitrogen and oxygen atoms in total. The van der Waals surface area contributed by atoms with Crippen LogP contribution >= 0.6 is 0 Å². The second-order valence-electron chi connectivity index (χ2n) is 7.91. The van der Waals surface area contributed by atoms with Gasteiger partial charge < -0.3 is 20.6 Å². The Bertz CT molecular complexity index is 1100. The molecule has 1 aromatic carbocycles. The fourth-order valence-electron chi connectivity index (χ4n) is 3.69. The molecule has 162 valence electrons. The lowest BCUT2D eigenvalue weighted by molar-refractivity contribution is 0.0949. The van der Waals surface area contributed by atoms with Crippen LogP contribution in [0.1, 0.15) is 34.8 Å². The van der Waals surface area contributed by atoms with Crippen molar-refractivity contribution in [2.45, 2.75) is 26.3 Å². The lowest BCUT2D eigenvalue weighted by Crippen LogP contribution is -2.39. The van der Waals surface area contributed by atoms with Gasteiger partial charge in [0, 0.05) is 49.1 Å². The van der Waals surface area contributed by atoms with Gasteiger partial charge in [-0.05, 0) is 48.1 Å². The van der Waals surface area contributed by atoms with E-state index in [2.05, 4.69) is 25.8 Å². The highest BCUT2D eigenvalue weighted by Crippen LogP contribution is 2.25. The van der Waals surface area contributed by atoms with Crippen molar-refractivity contribution in [2.24, 2.45) is 5.92 Å². The Morgan fingerprint density at radius 2 is 2.19 bits per heavy atom. The van der Waals surface area contributed by atoms with E-state index in [1.165, 1.54) is 5.56 Å². The number of nitrogens with zero attached hydrogens (tertiary/aromatic N) is 3. The Kier molecular flexibility index (Phi) is 6.13. The van der Waals surface area contributed by atoms with Crippen molar-refractivity contribution in [3.63, 3.8) is 0 Å². The van der Waals surface area contributed by atoms with Gasteiger partial charge in [0.1, 0.15) is 0 Å². The van der Waals surface area contributed by atoms with Gasteiger partial charge in [-0.3, -0.25) is 9.89 Å². The van der Waals surface area contributed by atoms with Crippen LogP contribution in [0.4, 0.5) is 10.5 Å². The number of aromatic nitrogens is 3. The summed E-state index contributed by atoms with van der Waals surface area (Å²) >= 11 is 0. The summed E-state index contributed by atoms with van der Waals surface area (Å²) < 4.78 is 0. The standard InChI is InChI=1S/C22H26N6O3/c1-14(13-29)5-7-23-21(30)15-3-2-4-17(9-15)26-22(31)28-8-6-18-16(12-28)10-24-20-19(18)11-25-27-20/h2-4,9-11,14,29H,5-8,12-13H2,1H3,(H,23,30)(H,26,31)(H,24,25,27). The molecule has 0 saturated carbocycles. The first-order valence-electron chi connectivity index (χ1n) is 10.4. The van der Waals surface area contributed by atoms with Crippen LogP contribution in [0.3, 0.4) is 0 Å². The lowest BCUT2D eigenvalue weighted by Gasteiger charge is -2.29. The molecular weight excluding hydrogens is 396 g/mol. The molecule has 3 amide bonds. The van der Waals surface area contributed by atoms with Crippen LogP contribution in [0.5, 0.6) is 0 Å². The number of rotatable bonds is 6. The van der Waals surface area contributed by atoms with Crippen molar-refractivity contribution in [3.05, 3.63) is 53.3 Å². The summed E-state index contributed by atoms with van der Waals surface area (Å²) in [5.74, 6) is -0.0660. The second kappa shape index (κ2) is 9.13. The smallest absolute Gasteiger partial charge is 0.322 e. The maximum atomic E-state index is 12.8. The number of benzene rings is 1. The molecule has 0 radical (unpaired) electrons. The van der Waals surface area contributed by atoms with E-state index in [9.17, 15) is 9.59 Å². The van der Waals surface area contributed by atoms with Crippen LogP contribution in [-0.4, -0.2) is 56.8 Å². The molecule has 0 spiro atoms. The van der Waals surface area contributed by atoms with E-state index >= 15 is 0 Å². The highest BCUT2D eigenvalue weighted by atomic mass is 16.3. The average molecular weight is 422 g/mol. The van der Waals surface area contributed by atoms with E-state index in [4.69, 9.17) is 5.11 Å². The Morgan fingerprint density at radius 1 is 1.32 bits per heavy atom. The Labute approximate surface area is 179 Å². The van der Waals surface area contributed by atoms with E-state index in [0.717, 1.165) is 23.0 Å². The molecule has 0 saturated heterocycles. The molecule has 0 bridgehead atoms. The minimum Gasteiger partial charge on any atom is -0.396 e. The number of nitrogens with one attached hydrogen (secondary N) is 3. The summed E-state index contributed by atoms with van der Waals surface area (Å²) in [6.07, 6.45) is 5.00. The molecule has 9 heteroatoms. The number of urea groups is 1. The second-order valence-corrected chi connectivity index (χ2v) is 7.91. The topological polar surface area (TPSA) is 123 Å².